The Bertz CT molecular complexity index is 561. The number of benzene rings is 1. The van der Waals surface area contributed by atoms with Gasteiger partial charge in [0.25, 0.3) is 0 Å². The third-order valence-corrected chi connectivity index (χ3v) is 3.31. The smallest absolute Gasteiger partial charge is 0.201 e. The lowest BCUT2D eigenvalue weighted by atomic mass is 10.1. The summed E-state index contributed by atoms with van der Waals surface area (Å²) in [6.07, 6.45) is 4.26. The Morgan fingerprint density at radius 2 is 2.18 bits per heavy atom. The van der Waals surface area contributed by atoms with Crippen LogP contribution >= 0.6 is 0 Å². The molecule has 0 unspecified atom stereocenters. The van der Waals surface area contributed by atoms with Crippen LogP contribution in [0.4, 0.5) is 0 Å². The first-order valence-corrected chi connectivity index (χ1v) is 6.34. The second kappa shape index (κ2) is 4.02. The Morgan fingerprint density at radius 3 is 2.88 bits per heavy atom. The predicted octanol–water partition coefficient (Wildman–Crippen LogP) is 3.98. The van der Waals surface area contributed by atoms with Crippen molar-refractivity contribution in [2.45, 2.75) is 32.6 Å². The molecule has 0 radical (unpaired) electrons. The van der Waals surface area contributed by atoms with E-state index in [1.54, 1.807) is 0 Å². The van der Waals surface area contributed by atoms with Crippen LogP contribution in [0.25, 0.3) is 11.0 Å². The highest BCUT2D eigenvalue weighted by Crippen LogP contribution is 2.34. The van der Waals surface area contributed by atoms with E-state index < -0.39 is 0 Å². The lowest BCUT2D eigenvalue weighted by Gasteiger charge is -1.96. The Kier molecular flexibility index (Phi) is 2.50. The van der Waals surface area contributed by atoms with E-state index in [0.717, 1.165) is 36.7 Å². The summed E-state index contributed by atoms with van der Waals surface area (Å²) in [6, 6.07) is 8.09. The van der Waals surface area contributed by atoms with Gasteiger partial charge in [0, 0.05) is 11.3 Å². The molecule has 0 bridgehead atoms. The van der Waals surface area contributed by atoms with Crippen molar-refractivity contribution in [1.29, 1.82) is 0 Å². The highest BCUT2D eigenvalue weighted by atomic mass is 16.3. The van der Waals surface area contributed by atoms with Crippen molar-refractivity contribution in [3.63, 3.8) is 0 Å². The van der Waals surface area contributed by atoms with E-state index in [-0.39, 0.29) is 11.7 Å². The molecule has 1 aliphatic rings. The zero-order chi connectivity index (χ0) is 11.8. The van der Waals surface area contributed by atoms with Gasteiger partial charge in [0.15, 0.2) is 5.76 Å². The first-order valence-electron chi connectivity index (χ1n) is 6.34. The number of furan rings is 1. The molecule has 2 nitrogen and oxygen atoms in total. The van der Waals surface area contributed by atoms with Crippen molar-refractivity contribution < 1.29 is 9.21 Å². The molecule has 1 aromatic carbocycles. The second-order valence-electron chi connectivity index (χ2n) is 4.87. The molecule has 0 saturated heterocycles. The van der Waals surface area contributed by atoms with Gasteiger partial charge in [-0.05, 0) is 43.0 Å². The highest BCUT2D eigenvalue weighted by molar-refractivity contribution is 6.00. The summed E-state index contributed by atoms with van der Waals surface area (Å²) >= 11 is 0. The molecule has 2 heteroatoms. The van der Waals surface area contributed by atoms with Crippen LogP contribution in [0.1, 0.15) is 42.3 Å². The molecule has 1 heterocycles. The van der Waals surface area contributed by atoms with Gasteiger partial charge in [-0.3, -0.25) is 4.79 Å². The summed E-state index contributed by atoms with van der Waals surface area (Å²) in [7, 11) is 0. The molecule has 3 rings (SSSR count). The minimum Gasteiger partial charge on any atom is -0.453 e. The lowest BCUT2D eigenvalue weighted by molar-refractivity contribution is 0.0942. The number of fused-ring (bicyclic) bond motifs is 1. The van der Waals surface area contributed by atoms with Crippen LogP contribution in [0, 0.1) is 5.92 Å². The van der Waals surface area contributed by atoms with E-state index in [9.17, 15) is 4.79 Å². The topological polar surface area (TPSA) is 30.2 Å². The van der Waals surface area contributed by atoms with E-state index in [2.05, 4.69) is 19.1 Å². The molecule has 0 spiro atoms. The SMILES string of the molecule is CCCc1ccc2oc(C(=O)C3CC3)cc2c1. The molecule has 1 aliphatic carbocycles. The molecule has 17 heavy (non-hydrogen) atoms. The maximum Gasteiger partial charge on any atom is 0.201 e. The van der Waals surface area contributed by atoms with Crippen LogP contribution in [0.3, 0.4) is 0 Å². The summed E-state index contributed by atoms with van der Waals surface area (Å²) < 4.78 is 5.61. The number of hydrogen-bond acceptors (Lipinski definition) is 2. The number of Topliss-reactive ketones (excluding diaryl/α,β-unsaturated/α-hetero) is 1. The Hall–Kier alpha value is -1.57. The third-order valence-electron chi connectivity index (χ3n) is 3.31. The van der Waals surface area contributed by atoms with Crippen LogP contribution in [0.5, 0.6) is 0 Å². The summed E-state index contributed by atoms with van der Waals surface area (Å²) in [5.41, 5.74) is 2.14. The number of carbonyl (C=O) groups is 1. The van der Waals surface area contributed by atoms with E-state index in [1.165, 1.54) is 5.56 Å². The zero-order valence-electron chi connectivity index (χ0n) is 10.0. The van der Waals surface area contributed by atoms with Crippen LogP contribution in [-0.2, 0) is 6.42 Å². The molecular weight excluding hydrogens is 212 g/mol. The standard InChI is InChI=1S/C15H16O2/c1-2-3-10-4-7-13-12(8-10)9-14(17-13)15(16)11-5-6-11/h4,7-9,11H,2-3,5-6H2,1H3. The number of aryl methyl sites for hydroxylation is 1. The van der Waals surface area contributed by atoms with Gasteiger partial charge in [0.1, 0.15) is 5.58 Å². The van der Waals surface area contributed by atoms with E-state index in [0.29, 0.717) is 5.76 Å². The third kappa shape index (κ3) is 1.99. The van der Waals surface area contributed by atoms with Crippen molar-refractivity contribution in [3.05, 3.63) is 35.6 Å². The molecular formula is C15H16O2. The van der Waals surface area contributed by atoms with Gasteiger partial charge in [-0.15, -0.1) is 0 Å². The van der Waals surface area contributed by atoms with Gasteiger partial charge in [0.05, 0.1) is 0 Å². The van der Waals surface area contributed by atoms with Gasteiger partial charge >= 0.3 is 0 Å². The highest BCUT2D eigenvalue weighted by Gasteiger charge is 2.32. The molecule has 1 saturated carbocycles. The molecule has 0 amide bonds. The minimum absolute atomic E-state index is 0.179. The largest absolute Gasteiger partial charge is 0.453 e. The van der Waals surface area contributed by atoms with Crippen LogP contribution in [0.2, 0.25) is 0 Å². The fourth-order valence-corrected chi connectivity index (χ4v) is 2.21. The van der Waals surface area contributed by atoms with E-state index in [4.69, 9.17) is 4.42 Å². The van der Waals surface area contributed by atoms with Crippen LogP contribution in [0.15, 0.2) is 28.7 Å². The fraction of sp³-hybridized carbons (Fsp3) is 0.400. The van der Waals surface area contributed by atoms with Crippen LogP contribution < -0.4 is 0 Å². The molecule has 0 aliphatic heterocycles. The molecule has 2 aromatic rings. The first kappa shape index (κ1) is 10.6. The Morgan fingerprint density at radius 1 is 1.35 bits per heavy atom. The van der Waals surface area contributed by atoms with Crippen molar-refractivity contribution >= 4 is 16.8 Å². The van der Waals surface area contributed by atoms with E-state index >= 15 is 0 Å². The number of carbonyl (C=O) groups excluding carboxylic acids is 1. The number of hydrogen-bond donors (Lipinski definition) is 0. The first-order chi connectivity index (χ1) is 8.28. The van der Waals surface area contributed by atoms with E-state index in [1.807, 2.05) is 12.1 Å². The monoisotopic (exact) mass is 228 g/mol. The molecule has 1 fully saturated rings. The Balaban J connectivity index is 1.97. The average molecular weight is 228 g/mol. The number of ketones is 1. The fourth-order valence-electron chi connectivity index (χ4n) is 2.21. The quantitative estimate of drug-likeness (QED) is 0.741. The van der Waals surface area contributed by atoms with Gasteiger partial charge in [-0.2, -0.15) is 0 Å². The minimum atomic E-state index is 0.179. The van der Waals surface area contributed by atoms with Gasteiger partial charge in [0.2, 0.25) is 5.78 Å². The van der Waals surface area contributed by atoms with Gasteiger partial charge < -0.3 is 4.42 Å². The predicted molar refractivity (Wildman–Crippen MR) is 67.3 cm³/mol. The second-order valence-corrected chi connectivity index (χ2v) is 4.87. The maximum atomic E-state index is 11.9. The summed E-state index contributed by atoms with van der Waals surface area (Å²) in [4.78, 5) is 11.9. The molecule has 1 aromatic heterocycles. The van der Waals surface area contributed by atoms with Crippen molar-refractivity contribution in [3.8, 4) is 0 Å². The molecule has 0 atom stereocenters. The molecule has 0 N–H and O–H groups in total. The zero-order valence-corrected chi connectivity index (χ0v) is 10.0. The summed E-state index contributed by atoms with van der Waals surface area (Å²) in [6.45, 7) is 2.17. The average Bonchev–Trinajstić information content (AvgIpc) is 3.08. The Labute approximate surface area is 101 Å². The number of rotatable bonds is 4. The van der Waals surface area contributed by atoms with Crippen LogP contribution in [-0.4, -0.2) is 5.78 Å². The summed E-state index contributed by atoms with van der Waals surface area (Å²) in [5, 5.41) is 1.06. The summed E-state index contributed by atoms with van der Waals surface area (Å²) in [5.74, 6) is 0.945. The van der Waals surface area contributed by atoms with Gasteiger partial charge in [-0.1, -0.05) is 19.4 Å². The maximum absolute atomic E-state index is 11.9. The van der Waals surface area contributed by atoms with Crippen molar-refractivity contribution in [1.82, 2.24) is 0 Å². The van der Waals surface area contributed by atoms with Gasteiger partial charge in [-0.25, -0.2) is 0 Å². The van der Waals surface area contributed by atoms with Crippen molar-refractivity contribution in [2.24, 2.45) is 5.92 Å². The van der Waals surface area contributed by atoms with Crippen molar-refractivity contribution in [2.75, 3.05) is 0 Å². The normalized spacial score (nSPS) is 15.4. The lowest BCUT2D eigenvalue weighted by Crippen LogP contribution is -1.98. The molecule has 88 valence electrons.